The molecule has 2 aromatic rings. The maximum atomic E-state index is 9.28. The highest BCUT2D eigenvalue weighted by Crippen LogP contribution is 2.36. The van der Waals surface area contributed by atoms with E-state index in [1.165, 1.54) is 0 Å². The van der Waals surface area contributed by atoms with Crippen molar-refractivity contribution in [2.45, 2.75) is 38.9 Å². The third-order valence-corrected chi connectivity index (χ3v) is 4.67. The Balaban J connectivity index is 1.71. The molecule has 124 valence electrons. The lowest BCUT2D eigenvalue weighted by molar-refractivity contribution is 0.00578. The van der Waals surface area contributed by atoms with Gasteiger partial charge in [0.1, 0.15) is 5.75 Å². The van der Waals surface area contributed by atoms with Crippen LogP contribution >= 0.6 is 0 Å². The quantitative estimate of drug-likeness (QED) is 0.695. The highest BCUT2D eigenvalue weighted by molar-refractivity contribution is 6.62. The number of hydrogen-bond acceptors (Lipinski definition) is 4. The summed E-state index contributed by atoms with van der Waals surface area (Å²) in [4.78, 5) is 4.44. The van der Waals surface area contributed by atoms with E-state index >= 15 is 0 Å². The molecule has 0 saturated carbocycles. The minimum absolute atomic E-state index is 0.249. The number of aliphatic imine (C=N–C) groups is 1. The topological polar surface area (TPSA) is 51.0 Å². The van der Waals surface area contributed by atoms with Crippen molar-refractivity contribution >= 4 is 24.5 Å². The van der Waals surface area contributed by atoms with Crippen molar-refractivity contribution in [3.05, 3.63) is 54.1 Å². The average Bonchev–Trinajstić information content (AvgIpc) is 2.75. The van der Waals surface area contributed by atoms with E-state index in [1.54, 1.807) is 18.3 Å². The summed E-state index contributed by atoms with van der Waals surface area (Å²) in [5, 5.41) is 9.28. The molecular weight excluding hydrogens is 301 g/mol. The van der Waals surface area contributed by atoms with Crippen LogP contribution in [0.4, 0.5) is 5.69 Å². The van der Waals surface area contributed by atoms with Crippen molar-refractivity contribution in [3.8, 4) is 5.75 Å². The van der Waals surface area contributed by atoms with Gasteiger partial charge in [-0.3, -0.25) is 4.99 Å². The van der Waals surface area contributed by atoms with E-state index in [0.717, 1.165) is 16.7 Å². The van der Waals surface area contributed by atoms with Crippen LogP contribution in [0, 0.1) is 0 Å². The van der Waals surface area contributed by atoms with Gasteiger partial charge >= 0.3 is 7.12 Å². The summed E-state index contributed by atoms with van der Waals surface area (Å²) >= 11 is 0. The Morgan fingerprint density at radius 2 is 1.42 bits per heavy atom. The molecule has 0 spiro atoms. The SMILES string of the molecule is CC1(C)OB(c2ccc(N=Cc3ccc(O)cc3)cc2)OC1(C)C. The minimum Gasteiger partial charge on any atom is -0.508 e. The minimum atomic E-state index is -0.356. The van der Waals surface area contributed by atoms with Crippen molar-refractivity contribution in [2.75, 3.05) is 0 Å². The first-order valence-corrected chi connectivity index (χ1v) is 8.06. The summed E-state index contributed by atoms with van der Waals surface area (Å²) in [5.41, 5.74) is 2.09. The first-order valence-electron chi connectivity index (χ1n) is 8.06. The second-order valence-electron chi connectivity index (χ2n) is 7.03. The fourth-order valence-corrected chi connectivity index (χ4v) is 2.41. The first kappa shape index (κ1) is 16.7. The summed E-state index contributed by atoms with van der Waals surface area (Å²) in [6, 6.07) is 14.8. The van der Waals surface area contributed by atoms with E-state index in [9.17, 15) is 5.11 Å². The third-order valence-electron chi connectivity index (χ3n) is 4.67. The van der Waals surface area contributed by atoms with E-state index in [4.69, 9.17) is 9.31 Å². The Morgan fingerprint density at radius 3 is 1.96 bits per heavy atom. The van der Waals surface area contributed by atoms with Crippen LogP contribution in [-0.2, 0) is 9.31 Å². The molecule has 3 rings (SSSR count). The van der Waals surface area contributed by atoms with Gasteiger partial charge in [-0.05, 0) is 75.1 Å². The van der Waals surface area contributed by atoms with Gasteiger partial charge in [0.2, 0.25) is 0 Å². The second-order valence-corrected chi connectivity index (χ2v) is 7.03. The molecule has 2 aromatic carbocycles. The molecule has 0 aromatic heterocycles. The molecule has 0 aliphatic carbocycles. The van der Waals surface area contributed by atoms with E-state index < -0.39 is 0 Å². The second kappa shape index (κ2) is 6.08. The number of phenols is 1. The van der Waals surface area contributed by atoms with Crippen LogP contribution in [0.25, 0.3) is 0 Å². The smallest absolute Gasteiger partial charge is 0.494 e. The zero-order chi connectivity index (χ0) is 17.4. The highest BCUT2D eigenvalue weighted by atomic mass is 16.7. The molecule has 1 aliphatic rings. The average molecular weight is 323 g/mol. The largest absolute Gasteiger partial charge is 0.508 e. The molecule has 1 fully saturated rings. The molecule has 1 N–H and O–H groups in total. The molecule has 1 saturated heterocycles. The van der Waals surface area contributed by atoms with Gasteiger partial charge in [-0.1, -0.05) is 12.1 Å². The van der Waals surface area contributed by atoms with Crippen molar-refractivity contribution in [1.82, 2.24) is 0 Å². The Morgan fingerprint density at radius 1 is 0.875 bits per heavy atom. The summed E-state index contributed by atoms with van der Waals surface area (Å²) in [6.45, 7) is 8.18. The van der Waals surface area contributed by atoms with Crippen LogP contribution in [0.3, 0.4) is 0 Å². The molecule has 0 amide bonds. The number of benzene rings is 2. The summed E-state index contributed by atoms with van der Waals surface area (Å²) in [6.07, 6.45) is 1.77. The van der Waals surface area contributed by atoms with E-state index in [-0.39, 0.29) is 24.1 Å². The van der Waals surface area contributed by atoms with Crippen LogP contribution < -0.4 is 5.46 Å². The van der Waals surface area contributed by atoms with E-state index in [2.05, 4.69) is 4.99 Å². The Bertz CT molecular complexity index is 720. The summed E-state index contributed by atoms with van der Waals surface area (Å²) in [5.74, 6) is 0.249. The monoisotopic (exact) mass is 323 g/mol. The fraction of sp³-hybridized carbons (Fsp3) is 0.316. The standard InChI is InChI=1S/C19H22BNO3/c1-18(2)19(3,4)24-20(23-18)15-7-9-16(10-8-15)21-13-14-5-11-17(22)12-6-14/h5-13,22H,1-4H3. The van der Waals surface area contributed by atoms with Crippen LogP contribution in [0.2, 0.25) is 0 Å². The van der Waals surface area contributed by atoms with Crippen molar-refractivity contribution in [3.63, 3.8) is 0 Å². The van der Waals surface area contributed by atoms with Gasteiger partial charge in [-0.25, -0.2) is 0 Å². The molecular formula is C19H22BNO3. The van der Waals surface area contributed by atoms with Gasteiger partial charge in [0.25, 0.3) is 0 Å². The van der Waals surface area contributed by atoms with Crippen molar-refractivity contribution in [2.24, 2.45) is 4.99 Å². The molecule has 4 nitrogen and oxygen atoms in total. The molecule has 0 unspecified atom stereocenters. The number of rotatable bonds is 3. The van der Waals surface area contributed by atoms with Crippen LogP contribution in [0.1, 0.15) is 33.3 Å². The molecule has 5 heteroatoms. The van der Waals surface area contributed by atoms with E-state index in [0.29, 0.717) is 0 Å². The number of nitrogens with zero attached hydrogens (tertiary/aromatic N) is 1. The predicted molar refractivity (Wildman–Crippen MR) is 97.5 cm³/mol. The number of phenolic OH excluding ortho intramolecular Hbond substituents is 1. The zero-order valence-corrected chi connectivity index (χ0v) is 14.5. The van der Waals surface area contributed by atoms with E-state index in [1.807, 2.05) is 64.1 Å². The Kier molecular flexibility index (Phi) is 4.24. The van der Waals surface area contributed by atoms with Crippen LogP contribution in [-0.4, -0.2) is 29.6 Å². The number of aromatic hydroxyl groups is 1. The van der Waals surface area contributed by atoms with Crippen LogP contribution in [0.15, 0.2) is 53.5 Å². The molecule has 0 atom stereocenters. The lowest BCUT2D eigenvalue weighted by Crippen LogP contribution is -2.41. The number of hydrogen-bond donors (Lipinski definition) is 1. The lowest BCUT2D eigenvalue weighted by atomic mass is 9.79. The van der Waals surface area contributed by atoms with Gasteiger partial charge in [-0.15, -0.1) is 0 Å². The summed E-state index contributed by atoms with van der Waals surface area (Å²) in [7, 11) is -0.356. The Hall–Kier alpha value is -2.11. The maximum Gasteiger partial charge on any atom is 0.494 e. The van der Waals surface area contributed by atoms with Gasteiger partial charge in [0.15, 0.2) is 0 Å². The third kappa shape index (κ3) is 3.37. The lowest BCUT2D eigenvalue weighted by Gasteiger charge is -2.32. The fourth-order valence-electron chi connectivity index (χ4n) is 2.41. The molecule has 0 bridgehead atoms. The Labute approximate surface area is 143 Å². The van der Waals surface area contributed by atoms with Crippen molar-refractivity contribution < 1.29 is 14.4 Å². The predicted octanol–water partition coefficient (Wildman–Crippen LogP) is 3.44. The van der Waals surface area contributed by atoms with Gasteiger partial charge in [-0.2, -0.15) is 0 Å². The molecule has 24 heavy (non-hydrogen) atoms. The summed E-state index contributed by atoms with van der Waals surface area (Å²) < 4.78 is 12.1. The van der Waals surface area contributed by atoms with Gasteiger partial charge in [0, 0.05) is 6.21 Å². The molecule has 0 radical (unpaired) electrons. The highest BCUT2D eigenvalue weighted by Gasteiger charge is 2.51. The van der Waals surface area contributed by atoms with Crippen molar-refractivity contribution in [1.29, 1.82) is 0 Å². The van der Waals surface area contributed by atoms with Crippen LogP contribution in [0.5, 0.6) is 5.75 Å². The van der Waals surface area contributed by atoms with Gasteiger partial charge < -0.3 is 14.4 Å². The normalized spacial score (nSPS) is 19.1. The maximum absolute atomic E-state index is 9.28. The van der Waals surface area contributed by atoms with Gasteiger partial charge in [0.05, 0.1) is 16.9 Å². The zero-order valence-electron chi connectivity index (χ0n) is 14.5. The first-order chi connectivity index (χ1) is 11.3. The molecule has 1 heterocycles. The molecule has 1 aliphatic heterocycles.